The summed E-state index contributed by atoms with van der Waals surface area (Å²) in [5.74, 6) is 0.996. The third-order valence-electron chi connectivity index (χ3n) is 5.65. The van der Waals surface area contributed by atoms with Crippen LogP contribution in [0.25, 0.3) is 0 Å². The minimum Gasteiger partial charge on any atom is -0.399 e. The van der Waals surface area contributed by atoms with Crippen molar-refractivity contribution in [3.63, 3.8) is 0 Å². The van der Waals surface area contributed by atoms with Gasteiger partial charge in [-0.15, -0.1) is 0 Å². The summed E-state index contributed by atoms with van der Waals surface area (Å²) in [5, 5.41) is 0. The van der Waals surface area contributed by atoms with Crippen LogP contribution in [-0.2, 0) is 4.74 Å². The zero-order valence-corrected chi connectivity index (χ0v) is 20.4. The van der Waals surface area contributed by atoms with Crippen LogP contribution in [0.5, 0.6) is 0 Å². The number of nitrogens with two attached hydrogens (primary N) is 1. The smallest absolute Gasteiger partial charge is 0.0663 e. The summed E-state index contributed by atoms with van der Waals surface area (Å²) in [6.45, 7) is 9.46. The molecule has 1 saturated heterocycles. The van der Waals surface area contributed by atoms with Crippen molar-refractivity contribution in [2.24, 2.45) is 4.99 Å². The number of nitrogens with zero attached hydrogens (tertiary/aromatic N) is 1. The Morgan fingerprint density at radius 3 is 2.61 bits per heavy atom. The average molecular weight is 439 g/mol. The van der Waals surface area contributed by atoms with Gasteiger partial charge >= 0.3 is 0 Å². The molecule has 2 aromatic carbocycles. The minimum absolute atomic E-state index is 0.108. The molecular weight excluding hydrogens is 400 g/mol. The molecule has 3 nitrogen and oxygen atoms in total. The van der Waals surface area contributed by atoms with Gasteiger partial charge in [0.2, 0.25) is 0 Å². The van der Waals surface area contributed by atoms with Gasteiger partial charge in [0.05, 0.1) is 12.0 Å². The van der Waals surface area contributed by atoms with Crippen molar-refractivity contribution in [2.45, 2.75) is 65.4 Å². The second kappa shape index (κ2) is 13.4. The molecule has 1 aliphatic rings. The lowest BCUT2D eigenvalue weighted by atomic mass is 9.84. The predicted molar refractivity (Wildman–Crippen MR) is 139 cm³/mol. The van der Waals surface area contributed by atoms with E-state index in [4.69, 9.17) is 15.5 Å². The van der Waals surface area contributed by atoms with E-state index in [1.165, 1.54) is 35.1 Å². The van der Waals surface area contributed by atoms with Crippen LogP contribution in [0.2, 0.25) is 0 Å². The van der Waals surface area contributed by atoms with Crippen LogP contribution in [-0.4, -0.2) is 24.7 Å². The van der Waals surface area contributed by atoms with E-state index in [0.717, 1.165) is 36.6 Å². The molecular formula is C27H38N2OS. The number of benzene rings is 2. The maximum Gasteiger partial charge on any atom is 0.0663 e. The molecule has 31 heavy (non-hydrogen) atoms. The van der Waals surface area contributed by atoms with Gasteiger partial charge in [0.15, 0.2) is 0 Å². The second-order valence-electron chi connectivity index (χ2n) is 8.01. The predicted octanol–water partition coefficient (Wildman–Crippen LogP) is 6.89. The second-order valence-corrected chi connectivity index (χ2v) is 8.38. The molecule has 168 valence electrons. The van der Waals surface area contributed by atoms with Crippen LogP contribution in [0, 0.1) is 13.8 Å². The van der Waals surface area contributed by atoms with Gasteiger partial charge in [-0.05, 0) is 74.4 Å². The van der Waals surface area contributed by atoms with Gasteiger partial charge < -0.3 is 10.5 Å². The van der Waals surface area contributed by atoms with Crippen molar-refractivity contribution in [3.8, 4) is 0 Å². The van der Waals surface area contributed by atoms with Gasteiger partial charge in [0.25, 0.3) is 0 Å². The number of aryl methyl sites for hydroxylation is 1. The number of allylic oxidation sites excluding steroid dienone is 2. The van der Waals surface area contributed by atoms with E-state index in [9.17, 15) is 0 Å². The fraction of sp³-hybridized carbons (Fsp3) is 0.444. The topological polar surface area (TPSA) is 47.6 Å². The van der Waals surface area contributed by atoms with Crippen LogP contribution in [0.3, 0.4) is 0 Å². The number of ether oxygens (including phenoxy) is 1. The third kappa shape index (κ3) is 7.55. The maximum atomic E-state index is 6.06. The van der Waals surface area contributed by atoms with Crippen LogP contribution in [0.4, 0.5) is 5.69 Å². The molecule has 2 N–H and O–H groups in total. The molecule has 0 amide bonds. The standard InChI is InChI=1S/C22H28N2.C5H10OS/c1-5-7-14-21(24-6-2)22(18-11-9-12-19(23)15-18)20-13-8-10-16(3)17(20)4;7-4-5-2-1-3-6-5/h6,8-15,22H,5,7,23H2,1-4H3;5,7H,1-4H2/b21-14-,24-6?;. The molecule has 1 aliphatic heterocycles. The van der Waals surface area contributed by atoms with E-state index < -0.39 is 0 Å². The zero-order chi connectivity index (χ0) is 22.6. The molecule has 0 spiro atoms. The molecule has 0 radical (unpaired) electrons. The number of nitrogen functional groups attached to an aromatic ring is 1. The normalized spacial score (nSPS) is 17.5. The first-order valence-electron chi connectivity index (χ1n) is 11.3. The van der Waals surface area contributed by atoms with Crippen molar-refractivity contribution in [3.05, 3.63) is 76.5 Å². The minimum atomic E-state index is 0.108. The molecule has 0 aromatic heterocycles. The number of aliphatic imine (C=N–C) groups is 1. The van der Waals surface area contributed by atoms with Gasteiger partial charge in [-0.3, -0.25) is 4.99 Å². The third-order valence-corrected chi connectivity index (χ3v) is 6.05. The highest BCUT2D eigenvalue weighted by atomic mass is 32.1. The van der Waals surface area contributed by atoms with Crippen molar-refractivity contribution in [1.29, 1.82) is 0 Å². The first-order chi connectivity index (χ1) is 15.0. The summed E-state index contributed by atoms with van der Waals surface area (Å²) in [7, 11) is 0. The fourth-order valence-corrected chi connectivity index (χ4v) is 4.10. The highest BCUT2D eigenvalue weighted by Crippen LogP contribution is 2.36. The Kier molecular flexibility index (Phi) is 10.9. The van der Waals surface area contributed by atoms with E-state index in [2.05, 4.69) is 69.8 Å². The van der Waals surface area contributed by atoms with Crippen molar-refractivity contribution >= 4 is 24.5 Å². The fourth-order valence-electron chi connectivity index (χ4n) is 3.81. The number of hydrogen-bond donors (Lipinski definition) is 2. The summed E-state index contributed by atoms with van der Waals surface area (Å²) >= 11 is 4.09. The first-order valence-corrected chi connectivity index (χ1v) is 12.0. The van der Waals surface area contributed by atoms with Crippen molar-refractivity contribution in [1.82, 2.24) is 0 Å². The summed E-state index contributed by atoms with van der Waals surface area (Å²) in [4.78, 5) is 4.71. The Morgan fingerprint density at radius 1 is 1.26 bits per heavy atom. The largest absolute Gasteiger partial charge is 0.399 e. The van der Waals surface area contributed by atoms with E-state index in [1.807, 2.05) is 25.3 Å². The van der Waals surface area contributed by atoms with Crippen LogP contribution in [0.1, 0.15) is 67.7 Å². The average Bonchev–Trinajstić information content (AvgIpc) is 3.30. The number of hydrogen-bond acceptors (Lipinski definition) is 4. The van der Waals surface area contributed by atoms with E-state index in [1.54, 1.807) is 0 Å². The lowest BCUT2D eigenvalue weighted by Gasteiger charge is -2.22. The summed E-state index contributed by atoms with van der Waals surface area (Å²) < 4.78 is 5.23. The molecule has 0 saturated carbocycles. The number of thiol groups is 1. The molecule has 1 fully saturated rings. The zero-order valence-electron chi connectivity index (χ0n) is 19.5. The molecule has 0 aliphatic carbocycles. The van der Waals surface area contributed by atoms with Crippen LogP contribution in [0.15, 0.2) is 59.2 Å². The highest BCUT2D eigenvalue weighted by Gasteiger charge is 2.21. The monoisotopic (exact) mass is 438 g/mol. The Labute approximate surface area is 194 Å². The Bertz CT molecular complexity index is 869. The van der Waals surface area contributed by atoms with Gasteiger partial charge in [-0.25, -0.2) is 0 Å². The molecule has 2 unspecified atom stereocenters. The van der Waals surface area contributed by atoms with E-state index >= 15 is 0 Å². The summed E-state index contributed by atoms with van der Waals surface area (Å²) in [6, 6.07) is 14.7. The van der Waals surface area contributed by atoms with E-state index in [-0.39, 0.29) is 5.92 Å². The molecule has 2 atom stereocenters. The van der Waals surface area contributed by atoms with Crippen molar-refractivity contribution < 1.29 is 4.74 Å². The van der Waals surface area contributed by atoms with E-state index in [0.29, 0.717) is 6.10 Å². The van der Waals surface area contributed by atoms with Crippen LogP contribution < -0.4 is 5.73 Å². The Hall–Kier alpha value is -2.04. The van der Waals surface area contributed by atoms with Crippen molar-refractivity contribution in [2.75, 3.05) is 18.1 Å². The SMILES string of the molecule is CC=N/C(=C\CCC)C(c1cccc(N)c1)c1cccc(C)c1C.SCC1CCCO1. The number of unbranched alkanes of at least 4 members (excludes halogenated alkanes) is 1. The lowest BCUT2D eigenvalue weighted by molar-refractivity contribution is 0.129. The summed E-state index contributed by atoms with van der Waals surface area (Å²) in [5.41, 5.74) is 13.1. The van der Waals surface area contributed by atoms with Gasteiger partial charge in [0.1, 0.15) is 0 Å². The molecule has 2 aromatic rings. The number of rotatable bonds is 7. The molecule has 3 rings (SSSR count). The van der Waals surface area contributed by atoms with Gasteiger partial charge in [-0.2, -0.15) is 12.6 Å². The Morgan fingerprint density at radius 2 is 2.03 bits per heavy atom. The highest BCUT2D eigenvalue weighted by molar-refractivity contribution is 7.80. The molecule has 0 bridgehead atoms. The number of anilines is 1. The molecule has 1 heterocycles. The Balaban J connectivity index is 0.000000412. The first kappa shape index (κ1) is 25.2. The van der Waals surface area contributed by atoms with Crippen LogP contribution >= 0.6 is 12.6 Å². The molecule has 4 heteroatoms. The lowest BCUT2D eigenvalue weighted by Crippen LogP contribution is -2.07. The van der Waals surface area contributed by atoms with Gasteiger partial charge in [0, 0.05) is 30.0 Å². The quantitative estimate of drug-likeness (QED) is 0.281. The summed E-state index contributed by atoms with van der Waals surface area (Å²) in [6.07, 6.45) is 9.18. The maximum absolute atomic E-state index is 6.06. The van der Waals surface area contributed by atoms with Gasteiger partial charge in [-0.1, -0.05) is 49.8 Å².